The Morgan fingerprint density at radius 2 is 2.19 bits per heavy atom. The summed E-state index contributed by atoms with van der Waals surface area (Å²) in [6.07, 6.45) is 5.20. The second-order valence-electron chi connectivity index (χ2n) is 5.77. The first kappa shape index (κ1) is 16.1. The van der Waals surface area contributed by atoms with Gasteiger partial charge in [-0.15, -0.1) is 0 Å². The molecule has 1 amide bonds. The summed E-state index contributed by atoms with van der Waals surface area (Å²) in [5.74, 6) is 0.613. The molecular weight excluding hydrogens is 288 g/mol. The summed E-state index contributed by atoms with van der Waals surface area (Å²) in [6.45, 7) is 1.96. The lowest BCUT2D eigenvalue weighted by Crippen LogP contribution is -2.36. The third kappa shape index (κ3) is 5.21. The monoisotopic (exact) mass is 310 g/mol. The molecule has 5 heteroatoms. The van der Waals surface area contributed by atoms with Crippen molar-refractivity contribution in [2.45, 2.75) is 51.1 Å². The summed E-state index contributed by atoms with van der Waals surface area (Å²) in [4.78, 5) is 11.9. The standard InChI is InChI=1S/C16H23ClN2O2/c1-11(18)8-12-9-13(17)6-7-15(12)21-10-16(20)19-14-4-2-3-5-14/h6-7,9,11,14H,2-5,8,10,18H2,1H3,(H,19,20). The normalized spacial score (nSPS) is 16.7. The van der Waals surface area contributed by atoms with Crippen molar-refractivity contribution in [2.24, 2.45) is 5.73 Å². The minimum absolute atomic E-state index is 0.0122. The van der Waals surface area contributed by atoms with E-state index in [1.165, 1.54) is 12.8 Å². The van der Waals surface area contributed by atoms with Gasteiger partial charge in [0.25, 0.3) is 5.91 Å². The van der Waals surface area contributed by atoms with Crippen molar-refractivity contribution in [3.8, 4) is 5.75 Å². The Labute approximate surface area is 131 Å². The van der Waals surface area contributed by atoms with Crippen molar-refractivity contribution in [1.82, 2.24) is 5.32 Å². The Morgan fingerprint density at radius 3 is 2.86 bits per heavy atom. The number of nitrogens with two attached hydrogens (primary N) is 1. The molecule has 1 saturated carbocycles. The van der Waals surface area contributed by atoms with Crippen molar-refractivity contribution >= 4 is 17.5 Å². The molecule has 2 rings (SSSR count). The van der Waals surface area contributed by atoms with E-state index in [0.717, 1.165) is 18.4 Å². The highest BCUT2D eigenvalue weighted by molar-refractivity contribution is 6.30. The number of carbonyl (C=O) groups excluding carboxylic acids is 1. The minimum Gasteiger partial charge on any atom is -0.483 e. The van der Waals surface area contributed by atoms with Crippen LogP contribution in [0.5, 0.6) is 5.75 Å². The zero-order valence-electron chi connectivity index (χ0n) is 12.4. The van der Waals surface area contributed by atoms with Crippen LogP contribution in [-0.4, -0.2) is 24.6 Å². The molecule has 0 radical (unpaired) electrons. The van der Waals surface area contributed by atoms with E-state index in [2.05, 4.69) is 5.32 Å². The first-order chi connectivity index (χ1) is 10.0. The Balaban J connectivity index is 1.90. The molecule has 1 aromatic rings. The molecule has 116 valence electrons. The molecule has 0 aliphatic heterocycles. The van der Waals surface area contributed by atoms with Crippen molar-refractivity contribution in [3.63, 3.8) is 0 Å². The lowest BCUT2D eigenvalue weighted by atomic mass is 10.1. The number of halogens is 1. The van der Waals surface area contributed by atoms with E-state index in [1.54, 1.807) is 12.1 Å². The maximum Gasteiger partial charge on any atom is 0.258 e. The second kappa shape index (κ2) is 7.66. The van der Waals surface area contributed by atoms with Crippen LogP contribution in [0.4, 0.5) is 0 Å². The fraction of sp³-hybridized carbons (Fsp3) is 0.562. The molecular formula is C16H23ClN2O2. The van der Waals surface area contributed by atoms with E-state index in [4.69, 9.17) is 22.1 Å². The summed E-state index contributed by atoms with van der Waals surface area (Å²) >= 11 is 6.00. The molecule has 1 aliphatic carbocycles. The molecule has 1 fully saturated rings. The van der Waals surface area contributed by atoms with Gasteiger partial charge in [0.2, 0.25) is 0 Å². The molecule has 1 aliphatic rings. The predicted octanol–water partition coefficient (Wildman–Crippen LogP) is 2.67. The van der Waals surface area contributed by atoms with Gasteiger partial charge in [-0.1, -0.05) is 24.4 Å². The van der Waals surface area contributed by atoms with Crippen molar-refractivity contribution < 1.29 is 9.53 Å². The fourth-order valence-corrected chi connectivity index (χ4v) is 2.87. The number of nitrogens with one attached hydrogen (secondary N) is 1. The first-order valence-corrected chi connectivity index (χ1v) is 7.88. The number of benzene rings is 1. The minimum atomic E-state index is -0.0661. The molecule has 3 N–H and O–H groups in total. The predicted molar refractivity (Wildman–Crippen MR) is 84.7 cm³/mol. The van der Waals surface area contributed by atoms with Crippen LogP contribution >= 0.6 is 11.6 Å². The molecule has 21 heavy (non-hydrogen) atoms. The van der Waals surface area contributed by atoms with Crippen molar-refractivity contribution in [2.75, 3.05) is 6.61 Å². The van der Waals surface area contributed by atoms with Crippen LogP contribution in [0.3, 0.4) is 0 Å². The zero-order valence-corrected chi connectivity index (χ0v) is 13.2. The van der Waals surface area contributed by atoms with Crippen LogP contribution in [0, 0.1) is 0 Å². The van der Waals surface area contributed by atoms with Crippen molar-refractivity contribution in [1.29, 1.82) is 0 Å². The molecule has 0 heterocycles. The van der Waals surface area contributed by atoms with Crippen LogP contribution in [0.25, 0.3) is 0 Å². The van der Waals surface area contributed by atoms with Gasteiger partial charge in [0.05, 0.1) is 0 Å². The number of hydrogen-bond acceptors (Lipinski definition) is 3. The van der Waals surface area contributed by atoms with Gasteiger partial charge in [0, 0.05) is 17.1 Å². The van der Waals surface area contributed by atoms with Crippen molar-refractivity contribution in [3.05, 3.63) is 28.8 Å². The Hall–Kier alpha value is -1.26. The Morgan fingerprint density at radius 1 is 1.48 bits per heavy atom. The fourth-order valence-electron chi connectivity index (χ4n) is 2.68. The molecule has 0 saturated heterocycles. The van der Waals surface area contributed by atoms with E-state index in [-0.39, 0.29) is 18.6 Å². The number of rotatable bonds is 6. The summed E-state index contributed by atoms with van der Waals surface area (Å²) < 4.78 is 5.64. The highest BCUT2D eigenvalue weighted by Gasteiger charge is 2.17. The van der Waals surface area contributed by atoms with Gasteiger partial charge in [0.1, 0.15) is 5.75 Å². The van der Waals surface area contributed by atoms with Gasteiger partial charge >= 0.3 is 0 Å². The first-order valence-electron chi connectivity index (χ1n) is 7.51. The van der Waals surface area contributed by atoms with Gasteiger partial charge in [0.15, 0.2) is 6.61 Å². The largest absolute Gasteiger partial charge is 0.483 e. The van der Waals surface area contributed by atoms with E-state index >= 15 is 0 Å². The second-order valence-corrected chi connectivity index (χ2v) is 6.21. The van der Waals surface area contributed by atoms with E-state index in [0.29, 0.717) is 23.2 Å². The summed E-state index contributed by atoms with van der Waals surface area (Å²) in [5, 5.41) is 3.65. The Kier molecular flexibility index (Phi) is 5.88. The van der Waals surface area contributed by atoms with Crippen LogP contribution < -0.4 is 15.8 Å². The average molecular weight is 311 g/mol. The zero-order chi connectivity index (χ0) is 15.2. The number of hydrogen-bond donors (Lipinski definition) is 2. The van der Waals surface area contributed by atoms with Gasteiger partial charge < -0.3 is 15.8 Å². The summed E-state index contributed by atoms with van der Waals surface area (Å²) in [6, 6.07) is 5.72. The van der Waals surface area contributed by atoms with Crippen LogP contribution in [0.1, 0.15) is 38.2 Å². The average Bonchev–Trinajstić information content (AvgIpc) is 2.90. The van der Waals surface area contributed by atoms with E-state index in [9.17, 15) is 4.79 Å². The lowest BCUT2D eigenvalue weighted by molar-refractivity contribution is -0.123. The van der Waals surface area contributed by atoms with Gasteiger partial charge in [-0.05, 0) is 49.9 Å². The van der Waals surface area contributed by atoms with Crippen LogP contribution in [-0.2, 0) is 11.2 Å². The maximum atomic E-state index is 11.9. The number of amides is 1. The Bertz CT molecular complexity index is 485. The lowest BCUT2D eigenvalue weighted by Gasteiger charge is -2.15. The molecule has 0 bridgehead atoms. The molecule has 0 spiro atoms. The van der Waals surface area contributed by atoms with E-state index < -0.39 is 0 Å². The summed E-state index contributed by atoms with van der Waals surface area (Å²) in [7, 11) is 0. The SMILES string of the molecule is CC(N)Cc1cc(Cl)ccc1OCC(=O)NC1CCCC1. The van der Waals surface area contributed by atoms with E-state index in [1.807, 2.05) is 13.0 Å². The topological polar surface area (TPSA) is 64.3 Å². The third-order valence-corrected chi connectivity index (χ3v) is 3.88. The highest BCUT2D eigenvalue weighted by atomic mass is 35.5. The molecule has 4 nitrogen and oxygen atoms in total. The molecule has 0 aromatic heterocycles. The third-order valence-electron chi connectivity index (χ3n) is 3.64. The number of ether oxygens (including phenoxy) is 1. The van der Waals surface area contributed by atoms with Gasteiger partial charge in [-0.2, -0.15) is 0 Å². The summed E-state index contributed by atoms with van der Waals surface area (Å²) in [5.41, 5.74) is 6.77. The maximum absolute atomic E-state index is 11.9. The molecule has 1 atom stereocenters. The smallest absolute Gasteiger partial charge is 0.258 e. The van der Waals surface area contributed by atoms with Crippen LogP contribution in [0.2, 0.25) is 5.02 Å². The number of carbonyl (C=O) groups is 1. The molecule has 1 unspecified atom stereocenters. The quantitative estimate of drug-likeness (QED) is 0.849. The highest BCUT2D eigenvalue weighted by Crippen LogP contribution is 2.24. The van der Waals surface area contributed by atoms with Gasteiger partial charge in [-0.3, -0.25) is 4.79 Å². The van der Waals surface area contributed by atoms with Crippen LogP contribution in [0.15, 0.2) is 18.2 Å². The van der Waals surface area contributed by atoms with Gasteiger partial charge in [-0.25, -0.2) is 0 Å². The molecule has 1 aromatic carbocycles.